The lowest BCUT2D eigenvalue weighted by molar-refractivity contribution is 0.0746. The highest BCUT2D eigenvalue weighted by molar-refractivity contribution is 4.93. The normalized spacial score (nSPS) is 38.3. The molecule has 1 nitrogen and oxygen atoms in total. The third-order valence-corrected chi connectivity index (χ3v) is 6.07. The van der Waals surface area contributed by atoms with Gasteiger partial charge in [0.2, 0.25) is 0 Å². The highest BCUT2D eigenvalue weighted by Gasteiger charge is 2.39. The first kappa shape index (κ1) is 14.4. The van der Waals surface area contributed by atoms with Crippen LogP contribution in [0.4, 0.5) is 0 Å². The summed E-state index contributed by atoms with van der Waals surface area (Å²) in [6, 6.07) is 0.470. The van der Waals surface area contributed by atoms with E-state index in [1.54, 1.807) is 0 Å². The number of hydrogen-bond donors (Lipinski definition) is 1. The minimum atomic E-state index is 0.470. The van der Waals surface area contributed by atoms with E-state index in [1.165, 1.54) is 57.8 Å². The van der Waals surface area contributed by atoms with E-state index < -0.39 is 0 Å². The molecule has 0 bridgehead atoms. The standard InChI is InChI=1S/C17H33N/c1-4-13-8-10-14(11-9-13)16(18)15-7-5-6-12-17(15,2)3/h13-16H,4-12,18H2,1-3H3. The molecule has 0 heterocycles. The second-order valence-electron chi connectivity index (χ2n) is 7.61. The second kappa shape index (κ2) is 5.94. The number of nitrogens with two attached hydrogens (primary N) is 1. The molecule has 2 aliphatic carbocycles. The number of rotatable bonds is 3. The third-order valence-electron chi connectivity index (χ3n) is 6.07. The van der Waals surface area contributed by atoms with Crippen molar-refractivity contribution in [2.75, 3.05) is 0 Å². The fourth-order valence-corrected chi connectivity index (χ4v) is 4.54. The van der Waals surface area contributed by atoms with Crippen LogP contribution in [0.5, 0.6) is 0 Å². The smallest absolute Gasteiger partial charge is 0.0101 e. The van der Waals surface area contributed by atoms with Gasteiger partial charge in [0.1, 0.15) is 0 Å². The lowest BCUT2D eigenvalue weighted by Crippen LogP contribution is -2.46. The molecule has 2 atom stereocenters. The van der Waals surface area contributed by atoms with Crippen LogP contribution in [0.2, 0.25) is 0 Å². The number of hydrogen-bond acceptors (Lipinski definition) is 1. The van der Waals surface area contributed by atoms with Crippen molar-refractivity contribution >= 4 is 0 Å². The quantitative estimate of drug-likeness (QED) is 0.770. The zero-order valence-corrected chi connectivity index (χ0v) is 12.8. The maximum atomic E-state index is 6.69. The van der Waals surface area contributed by atoms with E-state index in [0.29, 0.717) is 11.5 Å². The average Bonchev–Trinajstić information content (AvgIpc) is 2.37. The van der Waals surface area contributed by atoms with Gasteiger partial charge in [0.25, 0.3) is 0 Å². The Morgan fingerprint density at radius 1 is 1.06 bits per heavy atom. The highest BCUT2D eigenvalue weighted by Crippen LogP contribution is 2.45. The van der Waals surface area contributed by atoms with Crippen molar-refractivity contribution in [3.8, 4) is 0 Å². The van der Waals surface area contributed by atoms with Gasteiger partial charge >= 0.3 is 0 Å². The Labute approximate surface area is 114 Å². The zero-order chi connectivity index (χ0) is 13.2. The Balaban J connectivity index is 1.92. The first-order valence-corrected chi connectivity index (χ1v) is 8.30. The topological polar surface area (TPSA) is 26.0 Å². The molecule has 2 fully saturated rings. The molecule has 0 aromatic heterocycles. The molecule has 1 heteroatoms. The molecule has 18 heavy (non-hydrogen) atoms. The summed E-state index contributed by atoms with van der Waals surface area (Å²) in [7, 11) is 0. The molecule has 0 amide bonds. The molecule has 0 spiro atoms. The van der Waals surface area contributed by atoms with Gasteiger partial charge in [-0.1, -0.05) is 52.9 Å². The Hall–Kier alpha value is -0.0400. The molecule has 106 valence electrons. The van der Waals surface area contributed by atoms with Crippen molar-refractivity contribution in [2.45, 2.75) is 84.6 Å². The van der Waals surface area contributed by atoms with Crippen molar-refractivity contribution in [1.29, 1.82) is 0 Å². The van der Waals surface area contributed by atoms with E-state index in [4.69, 9.17) is 5.73 Å². The summed E-state index contributed by atoms with van der Waals surface area (Å²) in [6.07, 6.45) is 12.6. The first-order valence-electron chi connectivity index (χ1n) is 8.30. The summed E-state index contributed by atoms with van der Waals surface area (Å²) >= 11 is 0. The second-order valence-corrected chi connectivity index (χ2v) is 7.61. The highest BCUT2D eigenvalue weighted by atomic mass is 14.7. The summed E-state index contributed by atoms with van der Waals surface area (Å²) in [5.74, 6) is 2.58. The molecule has 2 saturated carbocycles. The fraction of sp³-hybridized carbons (Fsp3) is 1.00. The van der Waals surface area contributed by atoms with Crippen molar-refractivity contribution in [3.05, 3.63) is 0 Å². The Bertz CT molecular complexity index is 250. The van der Waals surface area contributed by atoms with E-state index in [2.05, 4.69) is 20.8 Å². The molecule has 0 saturated heterocycles. The maximum absolute atomic E-state index is 6.69. The molecule has 2 aliphatic rings. The van der Waals surface area contributed by atoms with Gasteiger partial charge in [0.05, 0.1) is 0 Å². The Morgan fingerprint density at radius 3 is 2.28 bits per heavy atom. The summed E-state index contributed by atoms with van der Waals surface area (Å²) in [5.41, 5.74) is 7.17. The molecule has 0 aliphatic heterocycles. The van der Waals surface area contributed by atoms with Crippen LogP contribution in [0.3, 0.4) is 0 Å². The minimum absolute atomic E-state index is 0.470. The maximum Gasteiger partial charge on any atom is 0.0101 e. The van der Waals surface area contributed by atoms with Crippen LogP contribution in [0, 0.1) is 23.2 Å². The van der Waals surface area contributed by atoms with Crippen molar-refractivity contribution in [2.24, 2.45) is 28.9 Å². The van der Waals surface area contributed by atoms with Gasteiger partial charge in [-0.05, 0) is 48.9 Å². The van der Waals surface area contributed by atoms with Crippen LogP contribution in [0.1, 0.15) is 78.6 Å². The largest absolute Gasteiger partial charge is 0.327 e. The van der Waals surface area contributed by atoms with Crippen LogP contribution >= 0.6 is 0 Å². The molecule has 0 aromatic rings. The zero-order valence-electron chi connectivity index (χ0n) is 12.8. The molecule has 0 radical (unpaired) electrons. The van der Waals surface area contributed by atoms with E-state index in [-0.39, 0.29) is 0 Å². The molecular weight excluding hydrogens is 218 g/mol. The SMILES string of the molecule is CCC1CCC(C(N)C2CCCCC2(C)C)CC1. The Morgan fingerprint density at radius 2 is 1.72 bits per heavy atom. The van der Waals surface area contributed by atoms with Crippen LogP contribution in [-0.2, 0) is 0 Å². The lowest BCUT2D eigenvalue weighted by Gasteiger charge is -2.45. The average molecular weight is 251 g/mol. The summed E-state index contributed by atoms with van der Waals surface area (Å²) in [4.78, 5) is 0. The summed E-state index contributed by atoms with van der Waals surface area (Å²) < 4.78 is 0. The van der Waals surface area contributed by atoms with Gasteiger partial charge in [-0.3, -0.25) is 0 Å². The monoisotopic (exact) mass is 251 g/mol. The van der Waals surface area contributed by atoms with E-state index in [1.807, 2.05) is 0 Å². The van der Waals surface area contributed by atoms with Crippen LogP contribution < -0.4 is 5.73 Å². The fourth-order valence-electron chi connectivity index (χ4n) is 4.54. The first-order chi connectivity index (χ1) is 8.54. The predicted octanol–water partition coefficient (Wildman–Crippen LogP) is 4.75. The van der Waals surface area contributed by atoms with E-state index >= 15 is 0 Å². The van der Waals surface area contributed by atoms with Crippen molar-refractivity contribution in [1.82, 2.24) is 0 Å². The van der Waals surface area contributed by atoms with Crippen LogP contribution in [0.15, 0.2) is 0 Å². The van der Waals surface area contributed by atoms with Gasteiger partial charge in [0, 0.05) is 6.04 Å². The van der Waals surface area contributed by atoms with Gasteiger partial charge < -0.3 is 5.73 Å². The minimum Gasteiger partial charge on any atom is -0.327 e. The summed E-state index contributed by atoms with van der Waals surface area (Å²) in [6.45, 7) is 7.25. The molecule has 2 N–H and O–H groups in total. The molecular formula is C17H33N. The molecule has 2 unspecified atom stereocenters. The van der Waals surface area contributed by atoms with Crippen LogP contribution in [0.25, 0.3) is 0 Å². The van der Waals surface area contributed by atoms with Crippen LogP contribution in [-0.4, -0.2) is 6.04 Å². The van der Waals surface area contributed by atoms with E-state index in [0.717, 1.165) is 17.8 Å². The van der Waals surface area contributed by atoms with E-state index in [9.17, 15) is 0 Å². The predicted molar refractivity (Wildman–Crippen MR) is 79.5 cm³/mol. The van der Waals surface area contributed by atoms with Crippen molar-refractivity contribution in [3.63, 3.8) is 0 Å². The third kappa shape index (κ3) is 3.10. The summed E-state index contributed by atoms with van der Waals surface area (Å²) in [5, 5.41) is 0. The van der Waals surface area contributed by atoms with Gasteiger partial charge in [-0.2, -0.15) is 0 Å². The molecule has 0 aromatic carbocycles. The van der Waals surface area contributed by atoms with Gasteiger partial charge in [-0.15, -0.1) is 0 Å². The van der Waals surface area contributed by atoms with Crippen molar-refractivity contribution < 1.29 is 0 Å². The lowest BCUT2D eigenvalue weighted by atomic mass is 9.62. The Kier molecular flexibility index (Phi) is 4.75. The van der Waals surface area contributed by atoms with Gasteiger partial charge in [-0.25, -0.2) is 0 Å². The molecule has 2 rings (SSSR count). The van der Waals surface area contributed by atoms with Gasteiger partial charge in [0.15, 0.2) is 0 Å².